The van der Waals surface area contributed by atoms with Crippen molar-refractivity contribution in [3.05, 3.63) is 0 Å². The Kier molecular flexibility index (Phi) is 1.95. The maximum atomic E-state index is 11.0. The van der Waals surface area contributed by atoms with Crippen molar-refractivity contribution in [1.82, 2.24) is 0 Å². The number of carbonyl (C=O) groups is 1. The molecule has 1 saturated heterocycles. The molecule has 1 aliphatic heterocycles. The number of ketones is 1. The average Bonchev–Trinajstić information content (AvgIpc) is 2.04. The minimum absolute atomic E-state index is 0.00435. The van der Waals surface area contributed by atoms with E-state index in [1.807, 2.05) is 0 Å². The Hall–Kier alpha value is -0.370. The van der Waals surface area contributed by atoms with E-state index in [0.29, 0.717) is 18.3 Å². The molecule has 1 aliphatic carbocycles. The average molecular weight is 154 g/mol. The van der Waals surface area contributed by atoms with Gasteiger partial charge < -0.3 is 4.74 Å². The Labute approximate surface area is 66.9 Å². The molecule has 0 N–H and O–H groups in total. The van der Waals surface area contributed by atoms with Crippen molar-refractivity contribution < 1.29 is 9.53 Å². The number of hydrogen-bond donors (Lipinski definition) is 0. The fourth-order valence-electron chi connectivity index (χ4n) is 2.08. The van der Waals surface area contributed by atoms with Gasteiger partial charge in [0.1, 0.15) is 12.7 Å². The number of rotatable bonds is 1. The van der Waals surface area contributed by atoms with Gasteiger partial charge in [-0.3, -0.25) is 4.79 Å². The molecule has 0 aromatic heterocycles. The Morgan fingerprint density at radius 2 is 1.91 bits per heavy atom. The fourth-order valence-corrected chi connectivity index (χ4v) is 2.08. The minimum Gasteiger partial charge on any atom is -0.362 e. The van der Waals surface area contributed by atoms with Crippen LogP contribution in [0.1, 0.15) is 32.1 Å². The molecule has 0 amide bonds. The Morgan fingerprint density at radius 3 is 2.36 bits per heavy atom. The summed E-state index contributed by atoms with van der Waals surface area (Å²) >= 11 is 0. The third-order valence-corrected chi connectivity index (χ3v) is 2.80. The summed E-state index contributed by atoms with van der Waals surface area (Å²) < 4.78 is 5.23. The molecular formula is C9H14O2. The molecule has 1 saturated carbocycles. The predicted molar refractivity (Wildman–Crippen MR) is 41.3 cm³/mol. The quantitative estimate of drug-likeness (QED) is 0.572. The maximum Gasteiger partial charge on any atom is 0.187 e. The lowest BCUT2D eigenvalue weighted by atomic mass is 9.82. The van der Waals surface area contributed by atoms with Gasteiger partial charge in [-0.15, -0.1) is 0 Å². The van der Waals surface area contributed by atoms with E-state index < -0.39 is 0 Å². The fraction of sp³-hybridized carbons (Fsp3) is 0.889. The number of carbonyl (C=O) groups excluding carboxylic acids is 1. The topological polar surface area (TPSA) is 26.3 Å². The summed E-state index contributed by atoms with van der Waals surface area (Å²) in [6, 6.07) is 0. The molecule has 2 rings (SSSR count). The van der Waals surface area contributed by atoms with Gasteiger partial charge in [0.25, 0.3) is 0 Å². The molecule has 0 aromatic carbocycles. The molecule has 0 aromatic rings. The summed E-state index contributed by atoms with van der Waals surface area (Å²) in [6.07, 6.45) is 6.33. The van der Waals surface area contributed by atoms with Crippen LogP contribution in [0.4, 0.5) is 0 Å². The molecule has 0 spiro atoms. The van der Waals surface area contributed by atoms with Crippen molar-refractivity contribution in [2.24, 2.45) is 5.92 Å². The Morgan fingerprint density at radius 1 is 1.18 bits per heavy atom. The lowest BCUT2D eigenvalue weighted by Crippen LogP contribution is -2.46. The second-order valence-corrected chi connectivity index (χ2v) is 3.60. The van der Waals surface area contributed by atoms with Crippen LogP contribution < -0.4 is 0 Å². The van der Waals surface area contributed by atoms with Gasteiger partial charge in [0.2, 0.25) is 0 Å². The maximum absolute atomic E-state index is 11.0. The van der Waals surface area contributed by atoms with Crippen molar-refractivity contribution >= 4 is 5.78 Å². The van der Waals surface area contributed by atoms with Crippen molar-refractivity contribution in [3.63, 3.8) is 0 Å². The Balaban J connectivity index is 1.88. The van der Waals surface area contributed by atoms with E-state index in [4.69, 9.17) is 4.74 Å². The first-order valence-corrected chi connectivity index (χ1v) is 4.52. The van der Waals surface area contributed by atoms with Gasteiger partial charge in [0.15, 0.2) is 5.78 Å². The highest BCUT2D eigenvalue weighted by Gasteiger charge is 2.36. The Bertz CT molecular complexity index is 159. The van der Waals surface area contributed by atoms with Crippen LogP contribution in [-0.4, -0.2) is 18.5 Å². The molecule has 11 heavy (non-hydrogen) atoms. The first-order valence-electron chi connectivity index (χ1n) is 4.52. The standard InChI is InChI=1S/C9H14O2/c10-8-6-11-9(8)7-4-2-1-3-5-7/h7,9H,1-6H2. The zero-order valence-electron chi connectivity index (χ0n) is 6.71. The summed E-state index contributed by atoms with van der Waals surface area (Å²) in [7, 11) is 0. The second-order valence-electron chi connectivity index (χ2n) is 3.60. The van der Waals surface area contributed by atoms with Crippen LogP contribution in [0.3, 0.4) is 0 Å². The molecule has 1 atom stereocenters. The molecule has 0 bridgehead atoms. The molecular weight excluding hydrogens is 140 g/mol. The van der Waals surface area contributed by atoms with Gasteiger partial charge in [-0.25, -0.2) is 0 Å². The van der Waals surface area contributed by atoms with E-state index >= 15 is 0 Å². The van der Waals surface area contributed by atoms with E-state index in [2.05, 4.69) is 0 Å². The van der Waals surface area contributed by atoms with Gasteiger partial charge in [-0.05, 0) is 18.8 Å². The molecule has 2 fully saturated rings. The van der Waals surface area contributed by atoms with E-state index in [0.717, 1.165) is 0 Å². The summed E-state index contributed by atoms with van der Waals surface area (Å²) in [4.78, 5) is 11.0. The van der Waals surface area contributed by atoms with E-state index in [9.17, 15) is 4.79 Å². The van der Waals surface area contributed by atoms with Gasteiger partial charge in [0, 0.05) is 0 Å². The van der Waals surface area contributed by atoms with E-state index in [1.54, 1.807) is 0 Å². The smallest absolute Gasteiger partial charge is 0.187 e. The van der Waals surface area contributed by atoms with Gasteiger partial charge in [-0.2, -0.15) is 0 Å². The van der Waals surface area contributed by atoms with Crippen LogP contribution >= 0.6 is 0 Å². The van der Waals surface area contributed by atoms with E-state index in [1.165, 1.54) is 32.1 Å². The summed E-state index contributed by atoms with van der Waals surface area (Å²) in [6.45, 7) is 0.376. The van der Waals surface area contributed by atoms with E-state index in [-0.39, 0.29) is 6.10 Å². The van der Waals surface area contributed by atoms with Gasteiger partial charge >= 0.3 is 0 Å². The first-order chi connectivity index (χ1) is 5.38. The van der Waals surface area contributed by atoms with Crippen LogP contribution in [0.5, 0.6) is 0 Å². The van der Waals surface area contributed by atoms with Crippen LogP contribution in [0, 0.1) is 5.92 Å². The van der Waals surface area contributed by atoms with Crippen molar-refractivity contribution in [2.45, 2.75) is 38.2 Å². The van der Waals surface area contributed by atoms with Gasteiger partial charge in [0.05, 0.1) is 0 Å². The van der Waals surface area contributed by atoms with Crippen LogP contribution in [-0.2, 0) is 9.53 Å². The molecule has 1 heterocycles. The molecule has 2 nitrogen and oxygen atoms in total. The molecule has 2 aliphatic rings. The molecule has 2 heteroatoms. The van der Waals surface area contributed by atoms with Crippen LogP contribution in [0.2, 0.25) is 0 Å². The lowest BCUT2D eigenvalue weighted by Gasteiger charge is -2.34. The summed E-state index contributed by atoms with van der Waals surface area (Å²) in [5.74, 6) is 0.891. The van der Waals surface area contributed by atoms with Crippen molar-refractivity contribution in [1.29, 1.82) is 0 Å². The zero-order chi connectivity index (χ0) is 7.68. The molecule has 0 radical (unpaired) electrons. The third kappa shape index (κ3) is 1.32. The first kappa shape index (κ1) is 7.29. The summed E-state index contributed by atoms with van der Waals surface area (Å²) in [5, 5.41) is 0. The SMILES string of the molecule is O=C1COC1C1CCCCC1. The third-order valence-electron chi connectivity index (χ3n) is 2.80. The van der Waals surface area contributed by atoms with Crippen LogP contribution in [0.25, 0.3) is 0 Å². The van der Waals surface area contributed by atoms with Gasteiger partial charge in [-0.1, -0.05) is 19.3 Å². The van der Waals surface area contributed by atoms with Crippen molar-refractivity contribution in [3.8, 4) is 0 Å². The number of hydrogen-bond acceptors (Lipinski definition) is 2. The van der Waals surface area contributed by atoms with Crippen LogP contribution in [0.15, 0.2) is 0 Å². The largest absolute Gasteiger partial charge is 0.362 e. The molecule has 62 valence electrons. The highest BCUT2D eigenvalue weighted by Crippen LogP contribution is 2.31. The normalized spacial score (nSPS) is 33.5. The second kappa shape index (κ2) is 2.94. The highest BCUT2D eigenvalue weighted by molar-refractivity contribution is 5.88. The summed E-state index contributed by atoms with van der Waals surface area (Å²) in [5.41, 5.74) is 0. The number of ether oxygens (including phenoxy) is 1. The minimum atomic E-state index is -0.00435. The lowest BCUT2D eigenvalue weighted by molar-refractivity contribution is -0.162. The monoisotopic (exact) mass is 154 g/mol. The van der Waals surface area contributed by atoms with Crippen molar-refractivity contribution in [2.75, 3.05) is 6.61 Å². The molecule has 1 unspecified atom stereocenters. The highest BCUT2D eigenvalue weighted by atomic mass is 16.5. The number of Topliss-reactive ketones (excluding diaryl/α,β-unsaturated/α-hetero) is 1. The predicted octanol–water partition coefficient (Wildman–Crippen LogP) is 1.53. The zero-order valence-corrected chi connectivity index (χ0v) is 6.71.